The first-order valence-electron chi connectivity index (χ1n) is 22.0. The van der Waals surface area contributed by atoms with E-state index in [4.69, 9.17) is 0 Å². The van der Waals surface area contributed by atoms with Gasteiger partial charge in [0.05, 0.1) is 0 Å². The average Bonchev–Trinajstić information content (AvgIpc) is 3.37. The Labute approximate surface area is 376 Å². The van der Waals surface area contributed by atoms with E-state index in [0.29, 0.717) is 0 Å². The molecule has 302 valence electrons. The van der Waals surface area contributed by atoms with E-state index in [-0.39, 0.29) is 0 Å². The molecule has 0 aliphatic heterocycles. The minimum Gasteiger partial charge on any atom is -0.0622 e. The number of benzene rings is 10. The van der Waals surface area contributed by atoms with E-state index in [1.54, 1.807) is 0 Å². The van der Waals surface area contributed by atoms with Crippen molar-refractivity contribution in [2.45, 2.75) is 0 Å². The highest BCUT2D eigenvalue weighted by Crippen LogP contribution is 2.35. The second-order valence-corrected chi connectivity index (χ2v) is 16.1. The molecule has 0 bridgehead atoms. The third-order valence-corrected chi connectivity index (χ3v) is 12.0. The van der Waals surface area contributed by atoms with Crippen LogP contribution in [-0.4, -0.2) is 0 Å². The number of hydrogen-bond acceptors (Lipinski definition) is 0. The first kappa shape index (κ1) is 39.8. The summed E-state index contributed by atoms with van der Waals surface area (Å²) < 4.78 is 0. The molecular weight excluding hydrogens is 769 g/mol. The van der Waals surface area contributed by atoms with E-state index in [1.165, 1.54) is 88.3 Å². The van der Waals surface area contributed by atoms with Crippen LogP contribution in [0.1, 0.15) is 55.6 Å². The summed E-state index contributed by atoms with van der Waals surface area (Å²) in [6.07, 6.45) is 13.6. The van der Waals surface area contributed by atoms with Gasteiger partial charge in [-0.15, -0.1) is 0 Å². The smallest absolute Gasteiger partial charge is 0.00990 e. The van der Waals surface area contributed by atoms with Crippen LogP contribution in [0.15, 0.2) is 243 Å². The SMILES string of the molecule is C(=Cc1ccccc1/C=C(\c1ccccc1)c1cccc2ccccc12)c1ccc(-c2ccc(/C=C\c3ccccc3/C=C(\c3ccccc3)c3cccc4ccccc34)cc2)cc1. The predicted molar refractivity (Wildman–Crippen MR) is 277 cm³/mol. The number of rotatable bonds is 11. The van der Waals surface area contributed by atoms with Crippen molar-refractivity contribution in [2.24, 2.45) is 0 Å². The molecule has 0 radical (unpaired) electrons. The molecular formula is C64H46. The van der Waals surface area contributed by atoms with Crippen molar-refractivity contribution in [2.75, 3.05) is 0 Å². The molecule has 10 aromatic carbocycles. The van der Waals surface area contributed by atoms with Crippen LogP contribution in [0.25, 0.3) is 80.3 Å². The molecule has 0 saturated heterocycles. The Kier molecular flexibility index (Phi) is 11.7. The highest BCUT2D eigenvalue weighted by molar-refractivity contribution is 6.04. The minimum absolute atomic E-state index is 1.16. The van der Waals surface area contributed by atoms with Gasteiger partial charge in [0.2, 0.25) is 0 Å². The fourth-order valence-electron chi connectivity index (χ4n) is 8.63. The maximum absolute atomic E-state index is 2.34. The fraction of sp³-hybridized carbons (Fsp3) is 0. The molecule has 0 heteroatoms. The second kappa shape index (κ2) is 18.7. The van der Waals surface area contributed by atoms with Gasteiger partial charge in [0.25, 0.3) is 0 Å². The Balaban J connectivity index is 0.879. The van der Waals surface area contributed by atoms with Crippen molar-refractivity contribution < 1.29 is 0 Å². The maximum Gasteiger partial charge on any atom is -0.00990 e. The molecule has 0 aliphatic carbocycles. The summed E-state index contributed by atoms with van der Waals surface area (Å²) in [7, 11) is 0. The lowest BCUT2D eigenvalue weighted by atomic mass is 9.91. The summed E-state index contributed by atoms with van der Waals surface area (Å²) >= 11 is 0. The quantitative estimate of drug-likeness (QED) is 0.114. The normalized spacial score (nSPS) is 12.1. The lowest BCUT2D eigenvalue weighted by molar-refractivity contribution is 1.56. The molecule has 0 saturated carbocycles. The molecule has 0 atom stereocenters. The van der Waals surface area contributed by atoms with Crippen molar-refractivity contribution in [1.82, 2.24) is 0 Å². The maximum atomic E-state index is 2.34. The van der Waals surface area contributed by atoms with E-state index in [9.17, 15) is 0 Å². The van der Waals surface area contributed by atoms with E-state index in [0.717, 1.165) is 11.1 Å². The average molecular weight is 815 g/mol. The molecule has 10 aromatic rings. The summed E-state index contributed by atoms with van der Waals surface area (Å²) in [4.78, 5) is 0. The standard InChI is InChI=1S/C64H46/c1-3-19-55(20-4-1)63(61-31-15-27-53-23-11-13-29-59(53)61)45-57-25-9-7-17-49(57)39-33-47-35-41-51(42-36-47)52-43-37-48(38-44-52)34-40-50-18-8-10-26-58(50)46-64(56-21-5-2-6-22-56)62-32-16-28-54-24-12-14-30-60(54)62/h1-46H/b39-33-,40-34?,63-45+,64-46+. The van der Waals surface area contributed by atoms with Gasteiger partial charge in [-0.3, -0.25) is 0 Å². The highest BCUT2D eigenvalue weighted by Gasteiger charge is 2.12. The zero-order chi connectivity index (χ0) is 42.9. The van der Waals surface area contributed by atoms with Gasteiger partial charge >= 0.3 is 0 Å². The van der Waals surface area contributed by atoms with Crippen molar-refractivity contribution in [3.8, 4) is 11.1 Å². The van der Waals surface area contributed by atoms with Crippen molar-refractivity contribution >= 4 is 69.1 Å². The van der Waals surface area contributed by atoms with Crippen LogP contribution in [0.3, 0.4) is 0 Å². The molecule has 0 nitrogen and oxygen atoms in total. The van der Waals surface area contributed by atoms with Gasteiger partial charge in [-0.1, -0.05) is 267 Å². The van der Waals surface area contributed by atoms with E-state index >= 15 is 0 Å². The van der Waals surface area contributed by atoms with E-state index < -0.39 is 0 Å². The lowest BCUT2D eigenvalue weighted by Gasteiger charge is -2.13. The third-order valence-electron chi connectivity index (χ3n) is 12.0. The Hall–Kier alpha value is -8.32. The molecule has 0 amide bonds. The molecule has 64 heavy (non-hydrogen) atoms. The predicted octanol–water partition coefficient (Wildman–Crippen LogP) is 17.2. The van der Waals surface area contributed by atoms with Gasteiger partial charge in [-0.25, -0.2) is 0 Å². The first-order valence-corrected chi connectivity index (χ1v) is 22.0. The van der Waals surface area contributed by atoms with Crippen LogP contribution in [0.4, 0.5) is 0 Å². The summed E-state index contributed by atoms with van der Waals surface area (Å²) in [6, 6.07) is 86.8. The molecule has 0 aromatic heterocycles. The van der Waals surface area contributed by atoms with Gasteiger partial charge in [0, 0.05) is 0 Å². The fourth-order valence-corrected chi connectivity index (χ4v) is 8.63. The van der Waals surface area contributed by atoms with Crippen molar-refractivity contribution in [1.29, 1.82) is 0 Å². The topological polar surface area (TPSA) is 0 Å². The minimum atomic E-state index is 1.16. The molecule has 0 fully saturated rings. The Morgan fingerprint density at radius 1 is 0.250 bits per heavy atom. The van der Waals surface area contributed by atoms with Crippen LogP contribution >= 0.6 is 0 Å². The van der Waals surface area contributed by atoms with Gasteiger partial charge in [-0.2, -0.15) is 0 Å². The van der Waals surface area contributed by atoms with Gasteiger partial charge in [0.15, 0.2) is 0 Å². The van der Waals surface area contributed by atoms with E-state index in [1.807, 2.05) is 0 Å². The zero-order valence-corrected chi connectivity index (χ0v) is 35.6. The summed E-state index contributed by atoms with van der Waals surface area (Å²) in [6.45, 7) is 0. The summed E-state index contributed by atoms with van der Waals surface area (Å²) in [5, 5.41) is 4.98. The van der Waals surface area contributed by atoms with E-state index in [2.05, 4.69) is 279 Å². The molecule has 0 unspecified atom stereocenters. The van der Waals surface area contributed by atoms with Gasteiger partial charge in [-0.05, 0) is 112 Å². The molecule has 0 spiro atoms. The Bertz CT molecular complexity index is 3090. The monoisotopic (exact) mass is 814 g/mol. The largest absolute Gasteiger partial charge is 0.0622 e. The second-order valence-electron chi connectivity index (χ2n) is 16.1. The number of hydrogen-bond donors (Lipinski definition) is 0. The van der Waals surface area contributed by atoms with Crippen molar-refractivity contribution in [3.63, 3.8) is 0 Å². The van der Waals surface area contributed by atoms with Crippen LogP contribution < -0.4 is 0 Å². The Morgan fingerprint density at radius 2 is 0.594 bits per heavy atom. The van der Waals surface area contributed by atoms with Gasteiger partial charge in [0.1, 0.15) is 0 Å². The van der Waals surface area contributed by atoms with Crippen LogP contribution in [-0.2, 0) is 0 Å². The van der Waals surface area contributed by atoms with Gasteiger partial charge < -0.3 is 0 Å². The Morgan fingerprint density at radius 3 is 1.02 bits per heavy atom. The lowest BCUT2D eigenvalue weighted by Crippen LogP contribution is -1.91. The van der Waals surface area contributed by atoms with Crippen molar-refractivity contribution in [3.05, 3.63) is 298 Å². The van der Waals surface area contributed by atoms with Crippen LogP contribution in [0.2, 0.25) is 0 Å². The zero-order valence-electron chi connectivity index (χ0n) is 35.6. The highest BCUT2D eigenvalue weighted by atomic mass is 14.2. The summed E-state index contributed by atoms with van der Waals surface area (Å²) in [5.41, 5.74) is 16.6. The molecule has 0 N–H and O–H groups in total. The number of fused-ring (bicyclic) bond motifs is 2. The van der Waals surface area contributed by atoms with Crippen LogP contribution in [0.5, 0.6) is 0 Å². The first-order chi connectivity index (χ1) is 31.7. The molecule has 10 rings (SSSR count). The van der Waals surface area contributed by atoms with Crippen LogP contribution in [0, 0.1) is 0 Å². The molecule has 0 aliphatic rings. The molecule has 0 heterocycles. The summed E-state index contributed by atoms with van der Waals surface area (Å²) in [5.74, 6) is 0. The third kappa shape index (κ3) is 8.86.